The van der Waals surface area contributed by atoms with Crippen LogP contribution in [0.2, 0.25) is 0 Å². The second kappa shape index (κ2) is 8.05. The van der Waals surface area contributed by atoms with Crippen molar-refractivity contribution >= 4 is 11.7 Å². The maximum Gasteiger partial charge on any atom is 0.228 e. The van der Waals surface area contributed by atoms with Gasteiger partial charge in [0.1, 0.15) is 11.5 Å². The maximum atomic E-state index is 13.0. The first-order valence-corrected chi connectivity index (χ1v) is 10.5. The molecule has 0 atom stereocenters. The van der Waals surface area contributed by atoms with E-state index in [0.717, 1.165) is 43.6 Å². The van der Waals surface area contributed by atoms with Crippen molar-refractivity contribution in [1.29, 1.82) is 0 Å². The number of aromatic nitrogens is 3. The molecule has 0 unspecified atom stereocenters. The molecule has 7 heteroatoms. The van der Waals surface area contributed by atoms with Gasteiger partial charge in [0, 0.05) is 44.0 Å². The molecule has 4 rings (SSSR count). The third-order valence-corrected chi connectivity index (χ3v) is 6.41. The van der Waals surface area contributed by atoms with Crippen LogP contribution in [0, 0.1) is 18.3 Å². The topological polar surface area (TPSA) is 89.2 Å². The van der Waals surface area contributed by atoms with Gasteiger partial charge in [0.25, 0.3) is 0 Å². The predicted octanol–water partition coefficient (Wildman–Crippen LogP) is 3.37. The lowest BCUT2D eigenvalue weighted by Gasteiger charge is -2.39. The van der Waals surface area contributed by atoms with Crippen LogP contribution in [0.25, 0.3) is 11.5 Å². The molecule has 0 N–H and O–H groups in total. The molecule has 0 radical (unpaired) electrons. The molecule has 1 aliphatic carbocycles. The van der Waals surface area contributed by atoms with E-state index in [2.05, 4.69) is 15.1 Å². The summed E-state index contributed by atoms with van der Waals surface area (Å²) in [7, 11) is 0. The van der Waals surface area contributed by atoms with Crippen LogP contribution in [-0.2, 0) is 16.0 Å². The molecule has 1 saturated heterocycles. The summed E-state index contributed by atoms with van der Waals surface area (Å²) in [6, 6.07) is 3.88. The SMILES string of the molecule is Cc1ccnc(-c2noc(CC3CCN(C(=O)C4(C)CCC(=O)CC4)CC3)n2)c1. The number of likely N-dealkylation sites (tertiary alicyclic amines) is 1. The summed E-state index contributed by atoms with van der Waals surface area (Å²) in [5.74, 6) is 2.09. The van der Waals surface area contributed by atoms with Gasteiger partial charge in [-0.25, -0.2) is 0 Å². The van der Waals surface area contributed by atoms with Crippen LogP contribution in [0.1, 0.15) is 56.9 Å². The van der Waals surface area contributed by atoms with Crippen molar-refractivity contribution in [2.24, 2.45) is 11.3 Å². The van der Waals surface area contributed by atoms with Gasteiger partial charge in [-0.1, -0.05) is 12.1 Å². The van der Waals surface area contributed by atoms with Crippen LogP contribution < -0.4 is 0 Å². The van der Waals surface area contributed by atoms with Gasteiger partial charge in [0.2, 0.25) is 17.6 Å². The van der Waals surface area contributed by atoms with Gasteiger partial charge in [-0.15, -0.1) is 0 Å². The number of piperidine rings is 1. The van der Waals surface area contributed by atoms with E-state index in [1.807, 2.05) is 30.9 Å². The van der Waals surface area contributed by atoms with Crippen molar-refractivity contribution < 1.29 is 14.1 Å². The average Bonchev–Trinajstić information content (AvgIpc) is 3.19. The summed E-state index contributed by atoms with van der Waals surface area (Å²) >= 11 is 0. The minimum absolute atomic E-state index is 0.217. The number of Topliss-reactive ketones (excluding diaryl/α,β-unsaturated/α-hetero) is 1. The molecule has 154 valence electrons. The fourth-order valence-corrected chi connectivity index (χ4v) is 4.36. The van der Waals surface area contributed by atoms with Crippen molar-refractivity contribution in [3.05, 3.63) is 29.8 Å². The predicted molar refractivity (Wildman–Crippen MR) is 107 cm³/mol. The number of nitrogens with zero attached hydrogens (tertiary/aromatic N) is 4. The number of pyridine rings is 1. The van der Waals surface area contributed by atoms with E-state index in [4.69, 9.17) is 4.52 Å². The number of ketones is 1. The molecule has 0 spiro atoms. The zero-order valence-electron chi connectivity index (χ0n) is 17.2. The number of hydrogen-bond acceptors (Lipinski definition) is 6. The fourth-order valence-electron chi connectivity index (χ4n) is 4.36. The Balaban J connectivity index is 1.31. The third kappa shape index (κ3) is 4.38. The minimum Gasteiger partial charge on any atom is -0.342 e. The van der Waals surface area contributed by atoms with Crippen LogP contribution in [0.4, 0.5) is 0 Å². The number of hydrogen-bond donors (Lipinski definition) is 0. The highest BCUT2D eigenvalue weighted by Crippen LogP contribution is 2.37. The zero-order chi connectivity index (χ0) is 20.4. The van der Waals surface area contributed by atoms with E-state index in [9.17, 15) is 9.59 Å². The first-order chi connectivity index (χ1) is 13.9. The lowest BCUT2D eigenvalue weighted by atomic mass is 9.74. The number of rotatable bonds is 4. The third-order valence-electron chi connectivity index (χ3n) is 6.41. The van der Waals surface area contributed by atoms with E-state index in [0.29, 0.717) is 43.3 Å². The monoisotopic (exact) mass is 396 g/mol. The van der Waals surface area contributed by atoms with Crippen LogP contribution in [0.15, 0.2) is 22.9 Å². The lowest BCUT2D eigenvalue weighted by Crippen LogP contribution is -2.47. The van der Waals surface area contributed by atoms with Gasteiger partial charge in [-0.2, -0.15) is 4.98 Å². The number of carbonyl (C=O) groups is 2. The Labute approximate surface area is 170 Å². The van der Waals surface area contributed by atoms with E-state index >= 15 is 0 Å². The largest absolute Gasteiger partial charge is 0.342 e. The Bertz CT molecular complexity index is 889. The Hall–Kier alpha value is -2.57. The Morgan fingerprint density at radius 2 is 2.00 bits per heavy atom. The highest BCUT2D eigenvalue weighted by Gasteiger charge is 2.40. The van der Waals surface area contributed by atoms with Gasteiger partial charge in [0.05, 0.1) is 0 Å². The van der Waals surface area contributed by atoms with E-state index in [1.54, 1.807) is 6.20 Å². The van der Waals surface area contributed by atoms with Gasteiger partial charge >= 0.3 is 0 Å². The summed E-state index contributed by atoms with van der Waals surface area (Å²) in [6.45, 7) is 5.54. The second-order valence-corrected chi connectivity index (χ2v) is 8.77. The normalized spacial score (nSPS) is 20.1. The fraction of sp³-hybridized carbons (Fsp3) is 0.591. The van der Waals surface area contributed by atoms with Crippen molar-refractivity contribution in [2.45, 2.75) is 58.8 Å². The molecular weight excluding hydrogens is 368 g/mol. The van der Waals surface area contributed by atoms with Crippen LogP contribution in [-0.4, -0.2) is 44.8 Å². The lowest BCUT2D eigenvalue weighted by molar-refractivity contribution is -0.145. The first kappa shape index (κ1) is 19.7. The van der Waals surface area contributed by atoms with Crippen molar-refractivity contribution in [1.82, 2.24) is 20.0 Å². The smallest absolute Gasteiger partial charge is 0.228 e. The van der Waals surface area contributed by atoms with Crippen LogP contribution in [0.5, 0.6) is 0 Å². The summed E-state index contributed by atoms with van der Waals surface area (Å²) in [6.07, 6.45) is 6.78. The Kier molecular flexibility index (Phi) is 5.48. The van der Waals surface area contributed by atoms with Gasteiger partial charge in [-0.3, -0.25) is 14.6 Å². The molecule has 2 aromatic rings. The number of amides is 1. The molecule has 2 aliphatic rings. The van der Waals surface area contributed by atoms with Crippen molar-refractivity contribution in [2.75, 3.05) is 13.1 Å². The maximum absolute atomic E-state index is 13.0. The number of carbonyl (C=O) groups excluding carboxylic acids is 2. The van der Waals surface area contributed by atoms with E-state index in [-0.39, 0.29) is 17.1 Å². The molecule has 1 saturated carbocycles. The quantitative estimate of drug-likeness (QED) is 0.787. The van der Waals surface area contributed by atoms with E-state index in [1.165, 1.54) is 0 Å². The molecule has 0 bridgehead atoms. The average molecular weight is 396 g/mol. The molecule has 0 aromatic carbocycles. The van der Waals surface area contributed by atoms with Crippen LogP contribution >= 0.6 is 0 Å². The molecule has 29 heavy (non-hydrogen) atoms. The highest BCUT2D eigenvalue weighted by atomic mass is 16.5. The van der Waals surface area contributed by atoms with Crippen molar-refractivity contribution in [3.8, 4) is 11.5 Å². The van der Waals surface area contributed by atoms with E-state index < -0.39 is 0 Å². The Morgan fingerprint density at radius 3 is 2.69 bits per heavy atom. The standard InChI is InChI=1S/C22H28N4O3/c1-15-5-10-23-18(13-15)20-24-19(29-25-20)14-16-6-11-26(12-7-16)21(28)22(2)8-3-17(27)4-9-22/h5,10,13,16H,3-4,6-9,11-12,14H2,1-2H3. The van der Waals surface area contributed by atoms with Crippen LogP contribution in [0.3, 0.4) is 0 Å². The molecule has 1 amide bonds. The summed E-state index contributed by atoms with van der Waals surface area (Å²) in [5, 5.41) is 4.07. The molecule has 1 aliphatic heterocycles. The highest BCUT2D eigenvalue weighted by molar-refractivity contribution is 5.87. The van der Waals surface area contributed by atoms with Gasteiger partial charge in [-0.05, 0) is 56.2 Å². The zero-order valence-corrected chi connectivity index (χ0v) is 17.2. The minimum atomic E-state index is -0.372. The summed E-state index contributed by atoms with van der Waals surface area (Å²) < 4.78 is 5.44. The summed E-state index contributed by atoms with van der Waals surface area (Å²) in [5.41, 5.74) is 1.46. The molecule has 7 nitrogen and oxygen atoms in total. The molecule has 2 fully saturated rings. The first-order valence-electron chi connectivity index (χ1n) is 10.5. The van der Waals surface area contributed by atoms with Gasteiger partial charge < -0.3 is 9.42 Å². The second-order valence-electron chi connectivity index (χ2n) is 8.77. The number of aryl methyl sites for hydroxylation is 1. The Morgan fingerprint density at radius 1 is 1.28 bits per heavy atom. The van der Waals surface area contributed by atoms with Gasteiger partial charge in [0.15, 0.2) is 0 Å². The van der Waals surface area contributed by atoms with Crippen molar-refractivity contribution in [3.63, 3.8) is 0 Å². The summed E-state index contributed by atoms with van der Waals surface area (Å²) in [4.78, 5) is 35.3. The molecular formula is C22H28N4O3. The molecule has 3 heterocycles. The molecule has 2 aromatic heterocycles.